The Bertz CT molecular complexity index is 531. The number of nitrogens with one attached hydrogen (secondary N) is 2. The van der Waals surface area contributed by atoms with E-state index in [-0.39, 0.29) is 22.6 Å². The van der Waals surface area contributed by atoms with Gasteiger partial charge in [-0.15, -0.1) is 0 Å². The van der Waals surface area contributed by atoms with Crippen molar-refractivity contribution in [3.8, 4) is 0 Å². The summed E-state index contributed by atoms with van der Waals surface area (Å²) in [6.07, 6.45) is 4.40. The van der Waals surface area contributed by atoms with E-state index in [0.29, 0.717) is 6.42 Å². The summed E-state index contributed by atoms with van der Waals surface area (Å²) in [5.74, 6) is 5.22. The van der Waals surface area contributed by atoms with Crippen molar-refractivity contribution < 1.29 is 12.6 Å². The minimum Gasteiger partial charge on any atom is -0.292 e. The van der Waals surface area contributed by atoms with Crippen LogP contribution in [-0.2, 0) is 20.8 Å². The third-order valence-corrected chi connectivity index (χ3v) is 5.26. The number of anilines is 1. The van der Waals surface area contributed by atoms with Crippen LogP contribution in [0.2, 0.25) is 0 Å². The number of sulfonamides is 1. The van der Waals surface area contributed by atoms with Crippen molar-refractivity contribution in [2.75, 3.05) is 18.2 Å². The van der Waals surface area contributed by atoms with Crippen LogP contribution in [-0.4, -0.2) is 40.6 Å². The van der Waals surface area contributed by atoms with Gasteiger partial charge in [0, 0.05) is 28.9 Å². The lowest BCUT2D eigenvalue weighted by molar-refractivity contribution is 0.577. The molecule has 0 saturated heterocycles. The van der Waals surface area contributed by atoms with E-state index in [1.54, 1.807) is 13.2 Å². The summed E-state index contributed by atoms with van der Waals surface area (Å²) < 4.78 is 37.3. The van der Waals surface area contributed by atoms with Crippen molar-refractivity contribution in [1.82, 2.24) is 14.7 Å². The smallest absolute Gasteiger partial charge is 0.243 e. The second-order valence-corrected chi connectivity index (χ2v) is 7.45. The van der Waals surface area contributed by atoms with Gasteiger partial charge < -0.3 is 0 Å². The molecule has 108 valence electrons. The van der Waals surface area contributed by atoms with Gasteiger partial charge in [0.05, 0.1) is 12.4 Å². The van der Waals surface area contributed by atoms with Crippen LogP contribution >= 0.6 is 0 Å². The molecular weight excluding hydrogens is 290 g/mol. The molecule has 2 unspecified atom stereocenters. The van der Waals surface area contributed by atoms with E-state index in [4.69, 9.17) is 5.84 Å². The van der Waals surface area contributed by atoms with Gasteiger partial charge in [-0.3, -0.25) is 9.63 Å². The van der Waals surface area contributed by atoms with E-state index in [9.17, 15) is 12.6 Å². The van der Waals surface area contributed by atoms with E-state index in [0.717, 1.165) is 12.4 Å². The molecule has 0 aliphatic rings. The van der Waals surface area contributed by atoms with Gasteiger partial charge in [-0.2, -0.15) is 0 Å². The van der Waals surface area contributed by atoms with Gasteiger partial charge in [0.1, 0.15) is 4.90 Å². The second-order valence-electron chi connectivity index (χ2n) is 3.88. The Morgan fingerprint density at radius 2 is 2.00 bits per heavy atom. The Balaban J connectivity index is 2.62. The predicted octanol–water partition coefficient (Wildman–Crippen LogP) is -0.802. The molecule has 1 heterocycles. The van der Waals surface area contributed by atoms with Crippen LogP contribution in [0.4, 0.5) is 5.95 Å². The molecule has 1 aromatic heterocycles. The molecule has 0 bridgehead atoms. The normalized spacial score (nSPS) is 14.9. The lowest BCUT2D eigenvalue weighted by Gasteiger charge is -2.09. The van der Waals surface area contributed by atoms with E-state index in [2.05, 4.69) is 20.1 Å². The van der Waals surface area contributed by atoms with Gasteiger partial charge in [0.25, 0.3) is 0 Å². The maximum Gasteiger partial charge on any atom is 0.243 e. The molecule has 10 heteroatoms. The number of hydrazine groups is 1. The Labute approximate surface area is 114 Å². The van der Waals surface area contributed by atoms with Gasteiger partial charge in [0.15, 0.2) is 0 Å². The highest BCUT2D eigenvalue weighted by Gasteiger charge is 2.15. The second kappa shape index (κ2) is 6.89. The van der Waals surface area contributed by atoms with Crippen LogP contribution in [0.3, 0.4) is 0 Å². The zero-order valence-corrected chi connectivity index (χ0v) is 12.3. The van der Waals surface area contributed by atoms with Crippen LogP contribution in [0, 0.1) is 0 Å². The molecule has 0 amide bonds. The summed E-state index contributed by atoms with van der Waals surface area (Å²) >= 11 is 0. The molecule has 2 atom stereocenters. The Morgan fingerprint density at radius 3 is 2.47 bits per heavy atom. The minimum atomic E-state index is -3.65. The van der Waals surface area contributed by atoms with Crippen LogP contribution in [0.25, 0.3) is 0 Å². The minimum absolute atomic E-state index is 0.0447. The van der Waals surface area contributed by atoms with Crippen molar-refractivity contribution >= 4 is 26.8 Å². The fourth-order valence-corrected chi connectivity index (χ4v) is 2.56. The number of nitrogens with zero attached hydrogens (tertiary/aromatic N) is 2. The number of hydrogen-bond donors (Lipinski definition) is 3. The number of nitrogen functional groups attached to an aromatic ring is 1. The van der Waals surface area contributed by atoms with Crippen LogP contribution in [0.15, 0.2) is 17.3 Å². The molecule has 0 saturated carbocycles. The first-order valence-electron chi connectivity index (χ1n) is 5.47. The summed E-state index contributed by atoms with van der Waals surface area (Å²) in [6, 6.07) is 0. The predicted molar refractivity (Wildman–Crippen MR) is 73.2 cm³/mol. The summed E-state index contributed by atoms with van der Waals surface area (Å²) in [6.45, 7) is 2.01. The van der Waals surface area contributed by atoms with Gasteiger partial charge in [-0.05, 0) is 6.42 Å². The fourth-order valence-electron chi connectivity index (χ4n) is 1.18. The third kappa shape index (κ3) is 4.82. The lowest BCUT2D eigenvalue weighted by Crippen LogP contribution is -2.28. The molecular formula is C9H17N5O3S2. The van der Waals surface area contributed by atoms with Crippen LogP contribution < -0.4 is 16.0 Å². The van der Waals surface area contributed by atoms with Gasteiger partial charge in [-0.25, -0.2) is 29.0 Å². The van der Waals surface area contributed by atoms with E-state index >= 15 is 0 Å². The summed E-state index contributed by atoms with van der Waals surface area (Å²) in [5.41, 5.74) is 2.20. The third-order valence-electron chi connectivity index (χ3n) is 2.48. The molecule has 4 N–H and O–H groups in total. The van der Waals surface area contributed by atoms with Crippen LogP contribution in [0.1, 0.15) is 13.3 Å². The zero-order chi connectivity index (χ0) is 14.5. The van der Waals surface area contributed by atoms with Crippen molar-refractivity contribution in [3.05, 3.63) is 12.4 Å². The molecule has 0 aromatic carbocycles. The first-order chi connectivity index (χ1) is 8.86. The molecule has 0 fully saturated rings. The largest absolute Gasteiger partial charge is 0.292 e. The summed E-state index contributed by atoms with van der Waals surface area (Å²) in [7, 11) is -4.62. The molecule has 1 aromatic rings. The molecule has 19 heavy (non-hydrogen) atoms. The van der Waals surface area contributed by atoms with Crippen LogP contribution in [0.5, 0.6) is 0 Å². The van der Waals surface area contributed by atoms with Crippen molar-refractivity contribution in [2.24, 2.45) is 5.84 Å². The standard InChI is InChI=1S/C9H17N5O3S2/c1-7(18(2)15)3-4-13-19(16,17)8-5-11-9(14-10)12-6-8/h5-7,13H,3-4,10H2,1-2H3,(H,11,12,14). The SMILES string of the molecule is CC(CCNS(=O)(=O)c1cnc(NN)nc1)S(C)=O. The number of nitrogens with two attached hydrogens (primary N) is 1. The van der Waals surface area contributed by atoms with Crippen molar-refractivity contribution in [3.63, 3.8) is 0 Å². The van der Waals surface area contributed by atoms with E-state index < -0.39 is 20.8 Å². The Morgan fingerprint density at radius 1 is 1.42 bits per heavy atom. The topological polar surface area (TPSA) is 127 Å². The van der Waals surface area contributed by atoms with Crippen molar-refractivity contribution in [1.29, 1.82) is 0 Å². The fraction of sp³-hybridized carbons (Fsp3) is 0.556. The highest BCUT2D eigenvalue weighted by Crippen LogP contribution is 2.07. The number of hydrogen-bond acceptors (Lipinski definition) is 7. The number of rotatable bonds is 7. The lowest BCUT2D eigenvalue weighted by atomic mass is 10.3. The monoisotopic (exact) mass is 307 g/mol. The van der Waals surface area contributed by atoms with E-state index in [1.165, 1.54) is 0 Å². The van der Waals surface area contributed by atoms with Crippen molar-refractivity contribution in [2.45, 2.75) is 23.5 Å². The Hall–Kier alpha value is -1.10. The molecule has 8 nitrogen and oxygen atoms in total. The molecule has 1 rings (SSSR count). The maximum atomic E-state index is 11.9. The highest BCUT2D eigenvalue weighted by atomic mass is 32.2. The van der Waals surface area contributed by atoms with E-state index in [1.807, 2.05) is 0 Å². The quantitative estimate of drug-likeness (QED) is 0.444. The molecule has 0 aliphatic carbocycles. The average molecular weight is 307 g/mol. The summed E-state index contributed by atoms with van der Waals surface area (Å²) in [5, 5.41) is -0.0669. The molecule has 0 aliphatic heterocycles. The summed E-state index contributed by atoms with van der Waals surface area (Å²) in [4.78, 5) is 7.40. The highest BCUT2D eigenvalue weighted by molar-refractivity contribution is 7.89. The Kier molecular flexibility index (Phi) is 5.79. The first kappa shape index (κ1) is 16.0. The molecule has 0 spiro atoms. The van der Waals surface area contributed by atoms with Gasteiger partial charge >= 0.3 is 0 Å². The number of aromatic nitrogens is 2. The van der Waals surface area contributed by atoms with Gasteiger partial charge in [0.2, 0.25) is 16.0 Å². The maximum absolute atomic E-state index is 11.9. The first-order valence-corrected chi connectivity index (χ1v) is 8.58. The van der Waals surface area contributed by atoms with Gasteiger partial charge in [-0.1, -0.05) is 6.92 Å². The molecule has 0 radical (unpaired) electrons. The zero-order valence-electron chi connectivity index (χ0n) is 10.7. The average Bonchev–Trinajstić information content (AvgIpc) is 2.38.